The highest BCUT2D eigenvalue weighted by atomic mass is 32.2. The van der Waals surface area contributed by atoms with Crippen LogP contribution in [0.4, 0.5) is 11.4 Å². The summed E-state index contributed by atoms with van der Waals surface area (Å²) in [5, 5.41) is 6.77. The molecule has 0 saturated heterocycles. The number of nitrogens with one attached hydrogen (secondary N) is 3. The van der Waals surface area contributed by atoms with Crippen molar-refractivity contribution in [2.45, 2.75) is 50.0 Å². The highest BCUT2D eigenvalue weighted by Crippen LogP contribution is 2.29. The molecule has 3 N–H and O–H groups in total. The topological polar surface area (TPSA) is 88.7 Å². The smallest absolute Gasteiger partial charge is 0.264 e. The van der Waals surface area contributed by atoms with E-state index in [0.29, 0.717) is 40.6 Å². The molecular formula is C22H29N3O4S2. The Morgan fingerprint density at radius 3 is 2.39 bits per heavy atom. The first-order valence-electron chi connectivity index (χ1n) is 10.4. The van der Waals surface area contributed by atoms with Gasteiger partial charge in [-0.3, -0.25) is 4.72 Å². The van der Waals surface area contributed by atoms with Crippen LogP contribution in [-0.4, -0.2) is 33.3 Å². The molecule has 0 heterocycles. The lowest BCUT2D eigenvalue weighted by atomic mass is 9.96. The lowest BCUT2D eigenvalue weighted by Gasteiger charge is -2.25. The number of benzene rings is 2. The van der Waals surface area contributed by atoms with Crippen LogP contribution >= 0.6 is 12.2 Å². The Bertz CT molecular complexity index is 988. The van der Waals surface area contributed by atoms with Gasteiger partial charge in [-0.15, -0.1) is 0 Å². The summed E-state index contributed by atoms with van der Waals surface area (Å²) in [5.41, 5.74) is 0.813. The Hall–Kier alpha value is -2.52. The normalized spacial score (nSPS) is 14.5. The highest BCUT2D eigenvalue weighted by molar-refractivity contribution is 7.93. The van der Waals surface area contributed by atoms with E-state index in [1.165, 1.54) is 32.4 Å². The molecule has 0 unspecified atom stereocenters. The van der Waals surface area contributed by atoms with E-state index in [-0.39, 0.29) is 4.90 Å². The minimum atomic E-state index is -3.90. The van der Waals surface area contributed by atoms with Crippen molar-refractivity contribution in [1.82, 2.24) is 5.32 Å². The lowest BCUT2D eigenvalue weighted by molar-refractivity contribution is 0.340. The molecule has 31 heavy (non-hydrogen) atoms. The van der Waals surface area contributed by atoms with Crippen molar-refractivity contribution >= 4 is 38.7 Å². The Kier molecular flexibility index (Phi) is 7.97. The Morgan fingerprint density at radius 2 is 1.74 bits per heavy atom. The first-order chi connectivity index (χ1) is 14.9. The van der Waals surface area contributed by atoms with E-state index in [1.807, 2.05) is 6.92 Å². The second-order valence-electron chi connectivity index (χ2n) is 7.36. The first-order valence-corrected chi connectivity index (χ1v) is 12.3. The second kappa shape index (κ2) is 10.7. The van der Waals surface area contributed by atoms with Crippen LogP contribution in [0.15, 0.2) is 47.4 Å². The average molecular weight is 464 g/mol. The number of methoxy groups -OCH3 is 1. The minimum Gasteiger partial charge on any atom is -0.497 e. The number of sulfonamides is 1. The van der Waals surface area contributed by atoms with Crippen molar-refractivity contribution in [2.24, 2.45) is 0 Å². The first kappa shape index (κ1) is 23.1. The van der Waals surface area contributed by atoms with Gasteiger partial charge in [0.2, 0.25) is 0 Å². The zero-order valence-corrected chi connectivity index (χ0v) is 19.4. The summed E-state index contributed by atoms with van der Waals surface area (Å²) >= 11 is 5.45. The fourth-order valence-electron chi connectivity index (χ4n) is 3.54. The zero-order chi connectivity index (χ0) is 22.3. The van der Waals surface area contributed by atoms with E-state index in [9.17, 15) is 8.42 Å². The summed E-state index contributed by atoms with van der Waals surface area (Å²) in [6.45, 7) is 2.43. The van der Waals surface area contributed by atoms with Crippen molar-refractivity contribution in [3.8, 4) is 11.5 Å². The summed E-state index contributed by atoms with van der Waals surface area (Å²) < 4.78 is 39.6. The number of hydrogen-bond donors (Lipinski definition) is 3. The number of rotatable bonds is 8. The maximum absolute atomic E-state index is 13.2. The van der Waals surface area contributed by atoms with Gasteiger partial charge in [0.25, 0.3) is 10.0 Å². The molecule has 0 atom stereocenters. The van der Waals surface area contributed by atoms with Crippen LogP contribution in [0.5, 0.6) is 11.5 Å². The van der Waals surface area contributed by atoms with Gasteiger partial charge in [-0.05, 0) is 68.4 Å². The Morgan fingerprint density at radius 1 is 1.06 bits per heavy atom. The van der Waals surface area contributed by atoms with Crippen LogP contribution in [0.2, 0.25) is 0 Å². The maximum atomic E-state index is 13.2. The van der Waals surface area contributed by atoms with Gasteiger partial charge < -0.3 is 20.1 Å². The third-order valence-corrected chi connectivity index (χ3v) is 6.73. The predicted octanol–water partition coefficient (Wildman–Crippen LogP) is 4.51. The lowest BCUT2D eigenvalue weighted by Crippen LogP contribution is -2.39. The molecule has 0 bridgehead atoms. The largest absolute Gasteiger partial charge is 0.497 e. The van der Waals surface area contributed by atoms with Crippen molar-refractivity contribution in [3.05, 3.63) is 42.5 Å². The quantitative estimate of drug-likeness (QED) is 0.496. The monoisotopic (exact) mass is 463 g/mol. The molecule has 0 aromatic heterocycles. The SMILES string of the molecule is CCOc1ccc(NS(=O)(=O)c2cc(OC)ccc2NC(=S)NC2CCCCC2)cc1. The number of anilines is 2. The molecule has 1 aliphatic rings. The molecule has 1 aliphatic carbocycles. The third kappa shape index (κ3) is 6.48. The van der Waals surface area contributed by atoms with E-state index in [2.05, 4.69) is 15.4 Å². The molecular weight excluding hydrogens is 434 g/mol. The van der Waals surface area contributed by atoms with Crippen molar-refractivity contribution in [1.29, 1.82) is 0 Å². The molecule has 0 radical (unpaired) electrons. The van der Waals surface area contributed by atoms with Gasteiger partial charge in [0.1, 0.15) is 16.4 Å². The van der Waals surface area contributed by atoms with Gasteiger partial charge in [-0.1, -0.05) is 19.3 Å². The van der Waals surface area contributed by atoms with Crippen molar-refractivity contribution in [2.75, 3.05) is 23.8 Å². The van der Waals surface area contributed by atoms with Crippen molar-refractivity contribution < 1.29 is 17.9 Å². The van der Waals surface area contributed by atoms with E-state index in [0.717, 1.165) is 12.8 Å². The predicted molar refractivity (Wildman–Crippen MR) is 128 cm³/mol. The van der Waals surface area contributed by atoms with Gasteiger partial charge in [0.15, 0.2) is 5.11 Å². The second-order valence-corrected chi connectivity index (χ2v) is 9.42. The van der Waals surface area contributed by atoms with E-state index in [1.54, 1.807) is 36.4 Å². The number of ether oxygens (including phenoxy) is 2. The zero-order valence-electron chi connectivity index (χ0n) is 17.8. The van der Waals surface area contributed by atoms with Gasteiger partial charge in [-0.2, -0.15) is 0 Å². The van der Waals surface area contributed by atoms with E-state index in [4.69, 9.17) is 21.7 Å². The van der Waals surface area contributed by atoms with Crippen LogP contribution in [0.3, 0.4) is 0 Å². The molecule has 0 amide bonds. The van der Waals surface area contributed by atoms with Crippen LogP contribution in [0, 0.1) is 0 Å². The highest BCUT2D eigenvalue weighted by Gasteiger charge is 2.22. The van der Waals surface area contributed by atoms with Gasteiger partial charge in [0, 0.05) is 17.8 Å². The molecule has 1 fully saturated rings. The molecule has 9 heteroatoms. The maximum Gasteiger partial charge on any atom is 0.264 e. The summed E-state index contributed by atoms with van der Waals surface area (Å²) in [7, 11) is -2.41. The molecule has 7 nitrogen and oxygen atoms in total. The Balaban J connectivity index is 1.79. The molecule has 2 aromatic rings. The third-order valence-electron chi connectivity index (χ3n) is 5.08. The molecule has 168 valence electrons. The summed E-state index contributed by atoms with van der Waals surface area (Å²) in [6.07, 6.45) is 5.73. The Labute approximate surface area is 189 Å². The van der Waals surface area contributed by atoms with Crippen LogP contribution in [0.25, 0.3) is 0 Å². The molecule has 2 aromatic carbocycles. The molecule has 0 spiro atoms. The van der Waals surface area contributed by atoms with Crippen molar-refractivity contribution in [3.63, 3.8) is 0 Å². The van der Waals surface area contributed by atoms with Gasteiger partial charge >= 0.3 is 0 Å². The number of thiocarbonyl (C=S) groups is 1. The average Bonchev–Trinajstić information content (AvgIpc) is 2.76. The number of hydrogen-bond acceptors (Lipinski definition) is 5. The summed E-state index contributed by atoms with van der Waals surface area (Å²) in [5.74, 6) is 1.11. The fraction of sp³-hybridized carbons (Fsp3) is 0.409. The van der Waals surface area contributed by atoms with E-state index < -0.39 is 10.0 Å². The molecule has 1 saturated carbocycles. The van der Waals surface area contributed by atoms with Crippen LogP contribution in [-0.2, 0) is 10.0 Å². The van der Waals surface area contributed by atoms with Crippen LogP contribution < -0.4 is 24.8 Å². The minimum absolute atomic E-state index is 0.0496. The standard InChI is InChI=1S/C22H29N3O4S2/c1-3-29-18-11-9-17(10-12-18)25-31(26,27)21-15-19(28-2)13-14-20(21)24-22(30)23-16-7-5-4-6-8-16/h9-16,25H,3-8H2,1-2H3,(H2,23,24,30). The van der Waals surface area contributed by atoms with Crippen LogP contribution in [0.1, 0.15) is 39.0 Å². The molecule has 0 aliphatic heterocycles. The van der Waals surface area contributed by atoms with E-state index >= 15 is 0 Å². The summed E-state index contributed by atoms with van der Waals surface area (Å²) in [6, 6.07) is 11.9. The fourth-order valence-corrected chi connectivity index (χ4v) is 5.05. The molecule has 3 rings (SSSR count). The summed E-state index contributed by atoms with van der Waals surface area (Å²) in [4.78, 5) is 0.0496. The van der Waals surface area contributed by atoms with Gasteiger partial charge in [-0.25, -0.2) is 8.42 Å². The van der Waals surface area contributed by atoms with Gasteiger partial charge in [0.05, 0.1) is 19.4 Å².